The molecular formula is C19H26N4O4. The summed E-state index contributed by atoms with van der Waals surface area (Å²) < 4.78 is 12.3. The van der Waals surface area contributed by atoms with Crippen molar-refractivity contribution in [2.75, 3.05) is 51.3 Å². The summed E-state index contributed by atoms with van der Waals surface area (Å²) in [4.78, 5) is 25.6. The lowest BCUT2D eigenvalue weighted by Crippen LogP contribution is -2.38. The molecule has 2 N–H and O–H groups in total. The lowest BCUT2D eigenvalue weighted by Gasteiger charge is -2.26. The molecule has 1 aromatic carbocycles. The van der Waals surface area contributed by atoms with Crippen molar-refractivity contribution in [3.05, 3.63) is 30.5 Å². The van der Waals surface area contributed by atoms with E-state index in [4.69, 9.17) is 9.47 Å². The zero-order valence-electron chi connectivity index (χ0n) is 15.6. The molecule has 0 aliphatic carbocycles. The van der Waals surface area contributed by atoms with Gasteiger partial charge in [-0.3, -0.25) is 9.69 Å². The van der Waals surface area contributed by atoms with E-state index >= 15 is 0 Å². The topological polar surface area (TPSA) is 84.8 Å². The quantitative estimate of drug-likeness (QED) is 0.770. The number of rotatable bonds is 7. The molecule has 1 aliphatic heterocycles. The summed E-state index contributed by atoms with van der Waals surface area (Å²) in [5.74, 6) is -0.297. The van der Waals surface area contributed by atoms with E-state index in [1.165, 1.54) is 0 Å². The van der Waals surface area contributed by atoms with Gasteiger partial charge in [-0.15, -0.1) is 0 Å². The summed E-state index contributed by atoms with van der Waals surface area (Å²) in [6, 6.07) is 7.85. The maximum Gasteiger partial charge on any atom is 0.407 e. The SMILES string of the molecule is CCOC(=O)NCC(=O)Nc1ccc2c(ccn2CCN2CCOCC2)c1. The number of anilines is 1. The van der Waals surface area contributed by atoms with Crippen LogP contribution >= 0.6 is 0 Å². The van der Waals surface area contributed by atoms with E-state index in [-0.39, 0.29) is 19.1 Å². The van der Waals surface area contributed by atoms with E-state index in [1.807, 2.05) is 24.3 Å². The summed E-state index contributed by atoms with van der Waals surface area (Å²) in [7, 11) is 0. The molecule has 8 heteroatoms. The van der Waals surface area contributed by atoms with E-state index in [9.17, 15) is 9.59 Å². The van der Waals surface area contributed by atoms with Crippen molar-refractivity contribution >= 4 is 28.6 Å². The van der Waals surface area contributed by atoms with Gasteiger partial charge < -0.3 is 24.7 Å². The lowest BCUT2D eigenvalue weighted by molar-refractivity contribution is -0.115. The molecule has 2 aromatic rings. The number of nitrogens with one attached hydrogen (secondary N) is 2. The molecule has 1 aromatic heterocycles. The maximum atomic E-state index is 11.9. The second-order valence-corrected chi connectivity index (χ2v) is 6.36. The number of aromatic nitrogens is 1. The van der Waals surface area contributed by atoms with Crippen molar-refractivity contribution in [3.63, 3.8) is 0 Å². The Bertz CT molecular complexity index is 783. The van der Waals surface area contributed by atoms with Gasteiger partial charge in [0.2, 0.25) is 5.91 Å². The third-order valence-electron chi connectivity index (χ3n) is 4.48. The van der Waals surface area contributed by atoms with E-state index in [1.54, 1.807) is 6.92 Å². The fraction of sp³-hybridized carbons (Fsp3) is 0.474. The third-order valence-corrected chi connectivity index (χ3v) is 4.48. The zero-order chi connectivity index (χ0) is 19.1. The molecule has 27 heavy (non-hydrogen) atoms. The number of ether oxygens (including phenoxy) is 2. The summed E-state index contributed by atoms with van der Waals surface area (Å²) in [6.07, 6.45) is 1.47. The van der Waals surface area contributed by atoms with Gasteiger partial charge in [-0.1, -0.05) is 0 Å². The van der Waals surface area contributed by atoms with Crippen LogP contribution in [0.2, 0.25) is 0 Å². The molecule has 0 radical (unpaired) electrons. The van der Waals surface area contributed by atoms with Crippen LogP contribution in [0.25, 0.3) is 10.9 Å². The van der Waals surface area contributed by atoms with Gasteiger partial charge in [0.15, 0.2) is 0 Å². The Morgan fingerprint density at radius 2 is 2.00 bits per heavy atom. The molecule has 1 saturated heterocycles. The highest BCUT2D eigenvalue weighted by Crippen LogP contribution is 2.20. The van der Waals surface area contributed by atoms with Crippen molar-refractivity contribution in [1.82, 2.24) is 14.8 Å². The predicted molar refractivity (Wildman–Crippen MR) is 103 cm³/mol. The Morgan fingerprint density at radius 1 is 1.19 bits per heavy atom. The molecule has 1 aliphatic rings. The van der Waals surface area contributed by atoms with Crippen molar-refractivity contribution in [1.29, 1.82) is 0 Å². The van der Waals surface area contributed by atoms with Crippen LogP contribution in [-0.4, -0.2) is 67.5 Å². The number of morpholine rings is 1. The van der Waals surface area contributed by atoms with Crippen LogP contribution in [0.3, 0.4) is 0 Å². The van der Waals surface area contributed by atoms with E-state index in [0.717, 1.165) is 50.3 Å². The second-order valence-electron chi connectivity index (χ2n) is 6.36. The number of carbonyl (C=O) groups excluding carboxylic acids is 2. The van der Waals surface area contributed by atoms with E-state index in [2.05, 4.69) is 26.3 Å². The highest BCUT2D eigenvalue weighted by Gasteiger charge is 2.11. The average molecular weight is 374 g/mol. The first kappa shape index (κ1) is 19.2. The van der Waals surface area contributed by atoms with Crippen molar-refractivity contribution < 1.29 is 19.1 Å². The summed E-state index contributed by atoms with van der Waals surface area (Å²) in [5.41, 5.74) is 1.83. The second kappa shape index (κ2) is 9.38. The number of hydrogen-bond acceptors (Lipinski definition) is 5. The Labute approximate surface area is 158 Å². The molecular weight excluding hydrogens is 348 g/mol. The van der Waals surface area contributed by atoms with Crippen LogP contribution in [0.4, 0.5) is 10.5 Å². The zero-order valence-corrected chi connectivity index (χ0v) is 15.6. The average Bonchev–Trinajstić information content (AvgIpc) is 3.08. The third kappa shape index (κ3) is 5.45. The first-order valence-electron chi connectivity index (χ1n) is 9.25. The number of carbonyl (C=O) groups is 2. The number of benzene rings is 1. The van der Waals surface area contributed by atoms with Crippen molar-refractivity contribution in [2.45, 2.75) is 13.5 Å². The van der Waals surface area contributed by atoms with Gasteiger partial charge in [-0.05, 0) is 31.2 Å². The van der Waals surface area contributed by atoms with Crippen molar-refractivity contribution in [2.24, 2.45) is 0 Å². The molecule has 2 amide bonds. The molecule has 0 unspecified atom stereocenters. The largest absolute Gasteiger partial charge is 0.450 e. The molecule has 0 atom stereocenters. The van der Waals surface area contributed by atoms with Crippen molar-refractivity contribution in [3.8, 4) is 0 Å². The first-order valence-corrected chi connectivity index (χ1v) is 9.25. The van der Waals surface area contributed by atoms with E-state index in [0.29, 0.717) is 5.69 Å². The van der Waals surface area contributed by atoms with Gasteiger partial charge in [0, 0.05) is 49.0 Å². The predicted octanol–water partition coefficient (Wildman–Crippen LogP) is 1.66. The number of hydrogen-bond donors (Lipinski definition) is 2. The summed E-state index contributed by atoms with van der Waals surface area (Å²) in [5, 5.41) is 6.25. The summed E-state index contributed by atoms with van der Waals surface area (Å²) in [6.45, 7) is 7.33. The Kier molecular flexibility index (Phi) is 6.67. The summed E-state index contributed by atoms with van der Waals surface area (Å²) >= 11 is 0. The van der Waals surface area contributed by atoms with Gasteiger partial charge in [0.1, 0.15) is 6.54 Å². The van der Waals surface area contributed by atoms with Crippen LogP contribution < -0.4 is 10.6 Å². The number of amides is 2. The highest BCUT2D eigenvalue weighted by atomic mass is 16.5. The molecule has 0 spiro atoms. The molecule has 146 valence electrons. The number of alkyl carbamates (subject to hydrolysis) is 1. The van der Waals surface area contributed by atoms with Crippen LogP contribution in [0.5, 0.6) is 0 Å². The minimum atomic E-state index is -0.597. The number of fused-ring (bicyclic) bond motifs is 1. The maximum absolute atomic E-state index is 11.9. The first-order chi connectivity index (χ1) is 13.2. The van der Waals surface area contributed by atoms with Gasteiger partial charge in [0.05, 0.1) is 19.8 Å². The smallest absolute Gasteiger partial charge is 0.407 e. The molecule has 1 fully saturated rings. The minimum Gasteiger partial charge on any atom is -0.450 e. The van der Waals surface area contributed by atoms with Crippen LogP contribution in [-0.2, 0) is 20.8 Å². The minimum absolute atomic E-state index is 0.128. The van der Waals surface area contributed by atoms with Crippen LogP contribution in [0.1, 0.15) is 6.92 Å². The van der Waals surface area contributed by atoms with Gasteiger partial charge in [-0.25, -0.2) is 4.79 Å². The monoisotopic (exact) mass is 374 g/mol. The standard InChI is InChI=1S/C19H26N4O4/c1-2-27-19(25)20-14-18(24)21-16-3-4-17-15(13-16)5-6-23(17)8-7-22-9-11-26-12-10-22/h3-6,13H,2,7-12,14H2,1H3,(H,20,25)(H,21,24). The van der Waals surface area contributed by atoms with Crippen LogP contribution in [0.15, 0.2) is 30.5 Å². The van der Waals surface area contributed by atoms with Gasteiger partial charge in [0.25, 0.3) is 0 Å². The fourth-order valence-corrected chi connectivity index (χ4v) is 3.09. The fourth-order valence-electron chi connectivity index (χ4n) is 3.09. The molecule has 3 rings (SSSR count). The molecule has 0 saturated carbocycles. The molecule has 0 bridgehead atoms. The number of nitrogens with zero attached hydrogens (tertiary/aromatic N) is 2. The lowest BCUT2D eigenvalue weighted by atomic mass is 10.2. The van der Waals surface area contributed by atoms with E-state index < -0.39 is 6.09 Å². The van der Waals surface area contributed by atoms with Gasteiger partial charge in [-0.2, -0.15) is 0 Å². The molecule has 8 nitrogen and oxygen atoms in total. The normalized spacial score (nSPS) is 14.9. The van der Waals surface area contributed by atoms with Gasteiger partial charge >= 0.3 is 6.09 Å². The Hall–Kier alpha value is -2.58. The Balaban J connectivity index is 1.54. The Morgan fingerprint density at radius 3 is 2.78 bits per heavy atom. The van der Waals surface area contributed by atoms with Crippen LogP contribution in [0, 0.1) is 0 Å². The highest BCUT2D eigenvalue weighted by molar-refractivity contribution is 5.96. The molecule has 2 heterocycles.